The molecule has 8 heteroatoms. The molecule has 1 unspecified atom stereocenters. The minimum atomic E-state index is -1.61. The van der Waals surface area contributed by atoms with E-state index in [4.69, 9.17) is 4.84 Å². The van der Waals surface area contributed by atoms with Crippen molar-refractivity contribution in [1.82, 2.24) is 5.48 Å². The lowest BCUT2D eigenvalue weighted by Crippen LogP contribution is -2.58. The number of rotatable bonds is 6. The van der Waals surface area contributed by atoms with Gasteiger partial charge in [-0.1, -0.05) is 33.8 Å². The standard InChI is InChI=1S/C18H24F2NO4Si/c1-11(17(2,3)4)18(9-26(10-18)16(23)24)15(22)25-21-8-12-5-6-13(19)14(20)7-12/h5-7,11,21H,8-10H2,1-4H3,(H,23,24). The summed E-state index contributed by atoms with van der Waals surface area (Å²) in [6.07, 6.45) is 0. The smallest absolute Gasteiger partial charge is 0.330 e. The van der Waals surface area contributed by atoms with Gasteiger partial charge in [0.05, 0.1) is 12.0 Å². The summed E-state index contributed by atoms with van der Waals surface area (Å²) in [6, 6.07) is 4.08. The Morgan fingerprint density at radius 3 is 2.42 bits per heavy atom. The number of halogens is 2. The Bertz CT molecular complexity index is 699. The number of carbonyl (C=O) groups is 2. The van der Waals surface area contributed by atoms with E-state index in [-0.39, 0.29) is 17.9 Å². The fourth-order valence-corrected chi connectivity index (χ4v) is 5.88. The van der Waals surface area contributed by atoms with E-state index in [1.807, 2.05) is 27.7 Å². The summed E-state index contributed by atoms with van der Waals surface area (Å²) in [7, 11) is -1.61. The average molecular weight is 384 g/mol. The lowest BCUT2D eigenvalue weighted by atomic mass is 9.66. The molecule has 1 aliphatic heterocycles. The molecule has 1 aliphatic rings. The largest absolute Gasteiger partial charge is 0.486 e. The summed E-state index contributed by atoms with van der Waals surface area (Å²) in [4.78, 5) is 29.1. The molecule has 0 aromatic heterocycles. The van der Waals surface area contributed by atoms with Crippen molar-refractivity contribution in [3.05, 3.63) is 35.4 Å². The number of carbonyl (C=O) groups excluding carboxylic acids is 1. The summed E-state index contributed by atoms with van der Waals surface area (Å²) in [5, 5.41) is 9.22. The van der Waals surface area contributed by atoms with Gasteiger partial charge in [-0.15, -0.1) is 5.48 Å². The van der Waals surface area contributed by atoms with Gasteiger partial charge in [-0.3, -0.25) is 4.79 Å². The molecular formula is C18H24F2NO4Si. The maximum atomic E-state index is 13.2. The van der Waals surface area contributed by atoms with E-state index in [0.717, 1.165) is 12.1 Å². The highest BCUT2D eigenvalue weighted by Crippen LogP contribution is 2.54. The minimum absolute atomic E-state index is 0.0274. The van der Waals surface area contributed by atoms with Crippen molar-refractivity contribution in [1.29, 1.82) is 0 Å². The first-order chi connectivity index (χ1) is 12.0. The maximum absolute atomic E-state index is 13.2. The van der Waals surface area contributed by atoms with Gasteiger partial charge in [-0.2, -0.15) is 0 Å². The minimum Gasteiger partial charge on any atom is -0.486 e. The van der Waals surface area contributed by atoms with Crippen molar-refractivity contribution < 1.29 is 28.3 Å². The molecule has 26 heavy (non-hydrogen) atoms. The molecule has 0 bridgehead atoms. The lowest BCUT2D eigenvalue weighted by molar-refractivity contribution is -0.169. The molecule has 1 fully saturated rings. The zero-order chi connectivity index (χ0) is 19.7. The van der Waals surface area contributed by atoms with Crippen LogP contribution in [-0.2, 0) is 16.2 Å². The normalized spacial score (nSPS) is 18.1. The van der Waals surface area contributed by atoms with Gasteiger partial charge in [0, 0.05) is 0 Å². The van der Waals surface area contributed by atoms with Gasteiger partial charge in [-0.05, 0) is 41.1 Å². The number of nitrogens with one attached hydrogen (secondary N) is 1. The van der Waals surface area contributed by atoms with Crippen LogP contribution in [0.3, 0.4) is 0 Å². The molecule has 1 atom stereocenters. The SMILES string of the molecule is CC(C(C)(C)C)C1(C(=O)ONCc2ccc(F)c(F)c2)C[Si](C(=O)O)C1. The Balaban J connectivity index is 2.03. The number of hydrogen-bond donors (Lipinski definition) is 2. The Morgan fingerprint density at radius 2 is 1.92 bits per heavy atom. The first-order valence-electron chi connectivity index (χ1n) is 8.43. The second-order valence-corrected chi connectivity index (χ2v) is 10.3. The van der Waals surface area contributed by atoms with Crippen LogP contribution in [-0.4, -0.2) is 25.5 Å². The summed E-state index contributed by atoms with van der Waals surface area (Å²) in [5.74, 6) is -2.47. The van der Waals surface area contributed by atoms with Crippen LogP contribution in [0, 0.1) is 28.4 Å². The van der Waals surface area contributed by atoms with Gasteiger partial charge in [0.2, 0.25) is 0 Å². The van der Waals surface area contributed by atoms with Crippen LogP contribution in [0.1, 0.15) is 33.3 Å². The summed E-state index contributed by atoms with van der Waals surface area (Å²) in [5.41, 5.74) is 1.10. The van der Waals surface area contributed by atoms with E-state index in [1.165, 1.54) is 6.07 Å². The third-order valence-electron chi connectivity index (χ3n) is 5.32. The molecule has 0 saturated carbocycles. The highest BCUT2D eigenvalue weighted by Gasteiger charge is 2.60. The fraction of sp³-hybridized carbons (Fsp3) is 0.556. The van der Waals surface area contributed by atoms with Crippen molar-refractivity contribution in [3.8, 4) is 0 Å². The van der Waals surface area contributed by atoms with Crippen LogP contribution in [0.2, 0.25) is 12.1 Å². The van der Waals surface area contributed by atoms with Gasteiger partial charge >= 0.3 is 5.97 Å². The zero-order valence-corrected chi connectivity index (χ0v) is 16.4. The number of carboxylic acid groups (broad SMARTS) is 1. The van der Waals surface area contributed by atoms with Crippen molar-refractivity contribution in [2.75, 3.05) is 0 Å². The topological polar surface area (TPSA) is 75.6 Å². The van der Waals surface area contributed by atoms with Crippen LogP contribution in [0.5, 0.6) is 0 Å². The third-order valence-corrected chi connectivity index (χ3v) is 8.04. The monoisotopic (exact) mass is 384 g/mol. The zero-order valence-electron chi connectivity index (χ0n) is 15.4. The van der Waals surface area contributed by atoms with E-state index in [2.05, 4.69) is 5.48 Å². The first-order valence-corrected chi connectivity index (χ1v) is 10.3. The summed E-state index contributed by atoms with van der Waals surface area (Å²) >= 11 is 0. The van der Waals surface area contributed by atoms with Crippen LogP contribution < -0.4 is 5.48 Å². The molecule has 143 valence electrons. The first kappa shape index (κ1) is 20.5. The Labute approximate surface area is 153 Å². The van der Waals surface area contributed by atoms with Gasteiger partial charge < -0.3 is 9.94 Å². The molecule has 1 aromatic carbocycles. The predicted molar refractivity (Wildman–Crippen MR) is 93.7 cm³/mol. The van der Waals surface area contributed by atoms with Crippen molar-refractivity contribution >= 4 is 20.4 Å². The van der Waals surface area contributed by atoms with E-state index in [1.54, 1.807) is 0 Å². The van der Waals surface area contributed by atoms with Gasteiger partial charge in [-0.25, -0.2) is 13.6 Å². The molecular weight excluding hydrogens is 360 g/mol. The number of benzene rings is 1. The molecule has 1 heterocycles. The lowest BCUT2D eigenvalue weighted by Gasteiger charge is -2.50. The number of hydrogen-bond acceptors (Lipinski definition) is 4. The molecule has 0 aliphatic carbocycles. The molecule has 1 aromatic rings. The second kappa shape index (κ2) is 7.44. The molecule has 0 spiro atoms. The van der Waals surface area contributed by atoms with Gasteiger partial charge in [0.15, 0.2) is 20.4 Å². The Hall–Kier alpha value is -1.80. The molecule has 1 radical (unpaired) electrons. The Morgan fingerprint density at radius 1 is 1.31 bits per heavy atom. The molecule has 1 saturated heterocycles. The maximum Gasteiger partial charge on any atom is 0.330 e. The van der Waals surface area contributed by atoms with Gasteiger partial charge in [0.1, 0.15) is 0 Å². The van der Waals surface area contributed by atoms with Crippen LogP contribution in [0.15, 0.2) is 18.2 Å². The van der Waals surface area contributed by atoms with Crippen molar-refractivity contribution in [2.24, 2.45) is 16.7 Å². The van der Waals surface area contributed by atoms with E-state index in [9.17, 15) is 23.5 Å². The number of hydroxylamine groups is 1. The molecule has 5 nitrogen and oxygen atoms in total. The predicted octanol–water partition coefficient (Wildman–Crippen LogP) is 3.95. The second-order valence-electron chi connectivity index (χ2n) is 7.97. The highest BCUT2D eigenvalue weighted by molar-refractivity contribution is 6.91. The van der Waals surface area contributed by atoms with E-state index < -0.39 is 37.4 Å². The molecule has 2 N–H and O–H groups in total. The van der Waals surface area contributed by atoms with Crippen LogP contribution in [0.4, 0.5) is 13.6 Å². The fourth-order valence-electron chi connectivity index (χ4n) is 3.25. The Kier molecular flexibility index (Phi) is 5.87. The quantitative estimate of drug-likeness (QED) is 0.574. The van der Waals surface area contributed by atoms with Crippen LogP contribution >= 0.6 is 0 Å². The van der Waals surface area contributed by atoms with Gasteiger partial charge in [0.25, 0.3) is 5.59 Å². The highest BCUT2D eigenvalue weighted by atomic mass is 28.3. The van der Waals surface area contributed by atoms with Crippen molar-refractivity contribution in [2.45, 2.75) is 46.3 Å². The van der Waals surface area contributed by atoms with Crippen LogP contribution in [0.25, 0.3) is 0 Å². The molecule has 0 amide bonds. The summed E-state index contributed by atoms with van der Waals surface area (Å²) < 4.78 is 26.1. The van der Waals surface area contributed by atoms with Crippen molar-refractivity contribution in [3.63, 3.8) is 0 Å². The summed E-state index contributed by atoms with van der Waals surface area (Å²) in [6.45, 7) is 7.99. The molecule has 2 rings (SSSR count). The average Bonchev–Trinajstić information content (AvgIpc) is 2.48. The van der Waals surface area contributed by atoms with E-state index in [0.29, 0.717) is 17.7 Å². The third kappa shape index (κ3) is 4.12. The van der Waals surface area contributed by atoms with E-state index >= 15 is 0 Å².